The summed E-state index contributed by atoms with van der Waals surface area (Å²) >= 11 is 0. The molecule has 0 saturated heterocycles. The van der Waals surface area contributed by atoms with Gasteiger partial charge in [-0.3, -0.25) is 9.78 Å². The molecule has 2 heterocycles. The predicted octanol–water partition coefficient (Wildman–Crippen LogP) is 2.96. The maximum atomic E-state index is 12.4. The summed E-state index contributed by atoms with van der Waals surface area (Å²) in [4.78, 5) is 20.7. The van der Waals surface area contributed by atoms with Gasteiger partial charge in [-0.05, 0) is 23.9 Å². The molecule has 0 bridgehead atoms. The van der Waals surface area contributed by atoms with Crippen LogP contribution in [0.25, 0.3) is 10.8 Å². The molecule has 0 fully saturated rings. The molecule has 23 heavy (non-hydrogen) atoms. The Morgan fingerprint density at radius 1 is 1.22 bits per heavy atom. The lowest BCUT2D eigenvalue weighted by Gasteiger charge is -2.08. The fourth-order valence-corrected chi connectivity index (χ4v) is 2.36. The summed E-state index contributed by atoms with van der Waals surface area (Å²) in [5, 5.41) is 4.75. The topological polar surface area (TPSA) is 64.1 Å². The number of nitrogens with one attached hydrogen (secondary N) is 1. The molecule has 3 rings (SSSR count). The van der Waals surface area contributed by atoms with Crippen LogP contribution < -0.4 is 10.1 Å². The van der Waals surface area contributed by atoms with Gasteiger partial charge in [-0.15, -0.1) is 0 Å². The van der Waals surface area contributed by atoms with Crippen molar-refractivity contribution in [3.63, 3.8) is 0 Å². The Labute approximate surface area is 134 Å². The van der Waals surface area contributed by atoms with Crippen LogP contribution in [0.1, 0.15) is 22.8 Å². The quantitative estimate of drug-likeness (QED) is 0.787. The summed E-state index contributed by atoms with van der Waals surface area (Å²) < 4.78 is 5.36. The Kier molecular flexibility index (Phi) is 4.47. The second-order valence-electron chi connectivity index (χ2n) is 5.03. The lowest BCUT2D eigenvalue weighted by atomic mass is 10.1. The number of hydrogen-bond donors (Lipinski definition) is 1. The highest BCUT2D eigenvalue weighted by Gasteiger charge is 2.10. The maximum Gasteiger partial charge on any atom is 0.253 e. The summed E-state index contributed by atoms with van der Waals surface area (Å²) in [6.07, 6.45) is 5.02. The molecule has 1 amide bonds. The molecule has 0 spiro atoms. The number of rotatable bonds is 5. The second-order valence-corrected chi connectivity index (χ2v) is 5.03. The van der Waals surface area contributed by atoms with E-state index in [0.717, 1.165) is 16.3 Å². The van der Waals surface area contributed by atoms with Gasteiger partial charge >= 0.3 is 0 Å². The van der Waals surface area contributed by atoms with Crippen LogP contribution in [-0.4, -0.2) is 22.5 Å². The molecule has 2 aromatic heterocycles. The molecular weight excluding hydrogens is 290 g/mol. The van der Waals surface area contributed by atoms with Gasteiger partial charge in [-0.1, -0.05) is 24.3 Å². The van der Waals surface area contributed by atoms with Crippen LogP contribution in [0.15, 0.2) is 55.0 Å². The van der Waals surface area contributed by atoms with Crippen LogP contribution in [0.5, 0.6) is 5.88 Å². The number of carbonyl (C=O) groups excluding carboxylic acids is 1. The first kappa shape index (κ1) is 15.0. The molecule has 0 unspecified atom stereocenters. The zero-order valence-electron chi connectivity index (χ0n) is 12.8. The summed E-state index contributed by atoms with van der Waals surface area (Å²) in [6, 6.07) is 11.4. The van der Waals surface area contributed by atoms with Crippen molar-refractivity contribution >= 4 is 16.7 Å². The molecule has 116 valence electrons. The molecule has 0 saturated carbocycles. The third kappa shape index (κ3) is 3.45. The van der Waals surface area contributed by atoms with Gasteiger partial charge in [0.15, 0.2) is 0 Å². The van der Waals surface area contributed by atoms with Crippen molar-refractivity contribution < 1.29 is 9.53 Å². The number of pyridine rings is 2. The van der Waals surface area contributed by atoms with Crippen molar-refractivity contribution in [3.8, 4) is 5.88 Å². The van der Waals surface area contributed by atoms with E-state index in [1.807, 2.05) is 43.3 Å². The van der Waals surface area contributed by atoms with E-state index in [-0.39, 0.29) is 5.91 Å². The Morgan fingerprint density at radius 2 is 2.09 bits per heavy atom. The van der Waals surface area contributed by atoms with Gasteiger partial charge in [0.25, 0.3) is 5.91 Å². The molecule has 1 aromatic carbocycles. The number of ether oxygens (including phenoxy) is 1. The smallest absolute Gasteiger partial charge is 0.253 e. The second kappa shape index (κ2) is 6.87. The zero-order valence-corrected chi connectivity index (χ0v) is 12.8. The van der Waals surface area contributed by atoms with E-state index < -0.39 is 0 Å². The highest BCUT2D eigenvalue weighted by atomic mass is 16.5. The largest absolute Gasteiger partial charge is 0.478 e. The first-order valence-electron chi connectivity index (χ1n) is 7.46. The normalized spacial score (nSPS) is 10.5. The number of hydrogen-bond acceptors (Lipinski definition) is 4. The van der Waals surface area contributed by atoms with Gasteiger partial charge in [0.1, 0.15) is 0 Å². The molecule has 5 nitrogen and oxygen atoms in total. The Hall–Kier alpha value is -2.95. The van der Waals surface area contributed by atoms with Gasteiger partial charge in [0.2, 0.25) is 5.88 Å². The van der Waals surface area contributed by atoms with Crippen molar-refractivity contribution in [3.05, 3.63) is 66.1 Å². The van der Waals surface area contributed by atoms with Crippen molar-refractivity contribution in [2.75, 3.05) is 6.61 Å². The van der Waals surface area contributed by atoms with E-state index in [0.29, 0.717) is 24.6 Å². The molecule has 0 atom stereocenters. The number of nitrogens with zero attached hydrogens (tertiary/aromatic N) is 2. The van der Waals surface area contributed by atoms with E-state index in [1.165, 1.54) is 0 Å². The van der Waals surface area contributed by atoms with E-state index in [1.54, 1.807) is 18.6 Å². The summed E-state index contributed by atoms with van der Waals surface area (Å²) in [7, 11) is 0. The first-order chi connectivity index (χ1) is 11.3. The molecular formula is C18H17N3O2. The zero-order chi connectivity index (χ0) is 16.1. The molecule has 3 aromatic rings. The summed E-state index contributed by atoms with van der Waals surface area (Å²) in [6.45, 7) is 2.87. The molecule has 0 radical (unpaired) electrons. The predicted molar refractivity (Wildman–Crippen MR) is 88.3 cm³/mol. The van der Waals surface area contributed by atoms with Crippen molar-refractivity contribution in [2.24, 2.45) is 0 Å². The SMILES string of the molecule is CCOc1cc(CNC(=O)c2cncc3ccccc23)ccn1. The lowest BCUT2D eigenvalue weighted by Crippen LogP contribution is -2.23. The third-order valence-corrected chi connectivity index (χ3v) is 3.46. The Bertz CT molecular complexity index is 828. The molecule has 0 aliphatic heterocycles. The average Bonchev–Trinajstić information content (AvgIpc) is 2.60. The van der Waals surface area contributed by atoms with Gasteiger partial charge in [-0.2, -0.15) is 0 Å². The van der Waals surface area contributed by atoms with Crippen LogP contribution in [0, 0.1) is 0 Å². The average molecular weight is 307 g/mol. The van der Waals surface area contributed by atoms with Crippen molar-refractivity contribution in [2.45, 2.75) is 13.5 Å². The lowest BCUT2D eigenvalue weighted by molar-refractivity contribution is 0.0952. The Balaban J connectivity index is 1.75. The number of benzene rings is 1. The number of amides is 1. The van der Waals surface area contributed by atoms with Gasteiger partial charge < -0.3 is 10.1 Å². The third-order valence-electron chi connectivity index (χ3n) is 3.46. The fraction of sp³-hybridized carbons (Fsp3) is 0.167. The first-order valence-corrected chi connectivity index (χ1v) is 7.46. The van der Waals surface area contributed by atoms with Crippen LogP contribution >= 0.6 is 0 Å². The van der Waals surface area contributed by atoms with Crippen LogP contribution in [-0.2, 0) is 6.54 Å². The Morgan fingerprint density at radius 3 is 2.96 bits per heavy atom. The summed E-state index contributed by atoms with van der Waals surface area (Å²) in [5.41, 5.74) is 1.51. The minimum Gasteiger partial charge on any atom is -0.478 e. The molecule has 1 N–H and O–H groups in total. The minimum absolute atomic E-state index is 0.149. The molecule has 5 heteroatoms. The fourth-order valence-electron chi connectivity index (χ4n) is 2.36. The highest BCUT2D eigenvalue weighted by molar-refractivity contribution is 6.06. The minimum atomic E-state index is -0.149. The van der Waals surface area contributed by atoms with Crippen LogP contribution in [0.2, 0.25) is 0 Å². The van der Waals surface area contributed by atoms with Gasteiger partial charge in [0, 0.05) is 36.6 Å². The highest BCUT2D eigenvalue weighted by Crippen LogP contribution is 2.17. The monoisotopic (exact) mass is 307 g/mol. The number of aromatic nitrogens is 2. The van der Waals surface area contributed by atoms with Gasteiger partial charge in [0.05, 0.1) is 12.2 Å². The van der Waals surface area contributed by atoms with Crippen LogP contribution in [0.3, 0.4) is 0 Å². The van der Waals surface area contributed by atoms with Crippen molar-refractivity contribution in [1.29, 1.82) is 0 Å². The van der Waals surface area contributed by atoms with Crippen LogP contribution in [0.4, 0.5) is 0 Å². The standard InChI is InChI=1S/C18H17N3O2/c1-2-23-17-9-13(7-8-20-17)10-21-18(22)16-12-19-11-14-5-3-4-6-15(14)16/h3-9,11-12H,2,10H2,1H3,(H,21,22). The van der Waals surface area contributed by atoms with E-state index in [9.17, 15) is 4.79 Å². The van der Waals surface area contributed by atoms with Crippen molar-refractivity contribution in [1.82, 2.24) is 15.3 Å². The molecule has 0 aliphatic rings. The van der Waals surface area contributed by atoms with Gasteiger partial charge in [-0.25, -0.2) is 4.98 Å². The molecule has 0 aliphatic carbocycles. The van der Waals surface area contributed by atoms with E-state index >= 15 is 0 Å². The number of fused-ring (bicyclic) bond motifs is 1. The maximum absolute atomic E-state index is 12.4. The van der Waals surface area contributed by atoms with E-state index in [2.05, 4.69) is 15.3 Å². The van der Waals surface area contributed by atoms with E-state index in [4.69, 9.17) is 4.74 Å². The number of carbonyl (C=O) groups is 1. The summed E-state index contributed by atoms with van der Waals surface area (Å²) in [5.74, 6) is 0.412.